The third-order valence-electron chi connectivity index (χ3n) is 3.33. The van der Waals surface area contributed by atoms with E-state index in [-0.39, 0.29) is 0 Å². The molecule has 2 nitrogen and oxygen atoms in total. The van der Waals surface area contributed by atoms with Crippen molar-refractivity contribution >= 4 is 0 Å². The van der Waals surface area contributed by atoms with Crippen LogP contribution in [0.3, 0.4) is 0 Å². The number of likely N-dealkylation sites (tertiary alicyclic amines) is 1. The summed E-state index contributed by atoms with van der Waals surface area (Å²) in [5.74, 6) is 0. The number of hydrogen-bond acceptors (Lipinski definition) is 2. The smallest absolute Gasteiger partial charge is 0.0125 e. The van der Waals surface area contributed by atoms with Crippen molar-refractivity contribution < 1.29 is 0 Å². The van der Waals surface area contributed by atoms with Crippen LogP contribution in [0.15, 0.2) is 0 Å². The summed E-state index contributed by atoms with van der Waals surface area (Å²) in [5, 5.41) is 3.46. The number of hydrogen-bond donors (Lipinski definition) is 1. The Morgan fingerprint density at radius 3 is 2.07 bits per heavy atom. The second-order valence-corrected chi connectivity index (χ2v) is 5.45. The molecule has 0 saturated carbocycles. The Labute approximate surface area is 89.1 Å². The lowest BCUT2D eigenvalue weighted by molar-refractivity contribution is -0.0466. The van der Waals surface area contributed by atoms with Crippen molar-refractivity contribution in [3.05, 3.63) is 0 Å². The highest BCUT2D eigenvalue weighted by Gasteiger charge is 2.47. The fourth-order valence-electron chi connectivity index (χ4n) is 2.30. The van der Waals surface area contributed by atoms with Gasteiger partial charge in [-0.3, -0.25) is 4.90 Å². The van der Waals surface area contributed by atoms with Crippen molar-refractivity contribution in [2.24, 2.45) is 5.41 Å². The molecule has 2 aliphatic rings. The van der Waals surface area contributed by atoms with Crippen LogP contribution in [-0.4, -0.2) is 36.6 Å². The predicted molar refractivity (Wildman–Crippen MR) is 62.6 cm³/mol. The van der Waals surface area contributed by atoms with Crippen LogP contribution in [0.2, 0.25) is 0 Å². The van der Waals surface area contributed by atoms with Gasteiger partial charge in [-0.15, -0.1) is 0 Å². The molecule has 0 unspecified atom stereocenters. The second-order valence-electron chi connectivity index (χ2n) is 5.45. The molecule has 2 fully saturated rings. The van der Waals surface area contributed by atoms with Crippen molar-refractivity contribution in [3.63, 3.8) is 0 Å². The Hall–Kier alpha value is -0.0800. The first kappa shape index (κ1) is 12.0. The maximum Gasteiger partial charge on any atom is 0.0125 e. The molecule has 0 aromatic rings. The summed E-state index contributed by atoms with van der Waals surface area (Å²) in [6, 6.07) is 0. The molecular formula is C12H26N2. The maximum atomic E-state index is 3.46. The van der Waals surface area contributed by atoms with Gasteiger partial charge in [-0.25, -0.2) is 0 Å². The van der Waals surface area contributed by atoms with Gasteiger partial charge < -0.3 is 5.32 Å². The summed E-state index contributed by atoms with van der Waals surface area (Å²) in [6.07, 6.45) is 1.39. The normalized spacial score (nSPS) is 25.5. The lowest BCUT2D eigenvalue weighted by Crippen LogP contribution is -2.63. The van der Waals surface area contributed by atoms with Crippen LogP contribution in [0.25, 0.3) is 0 Å². The molecule has 2 heterocycles. The van der Waals surface area contributed by atoms with Gasteiger partial charge in [0.25, 0.3) is 0 Å². The number of nitrogens with zero attached hydrogens (tertiary/aromatic N) is 1. The van der Waals surface area contributed by atoms with Gasteiger partial charge in [-0.05, 0) is 33.7 Å². The summed E-state index contributed by atoms with van der Waals surface area (Å²) in [6.45, 7) is 16.0. The maximum absolute atomic E-state index is 3.46. The molecule has 2 heteroatoms. The Kier molecular flexibility index (Phi) is 3.59. The van der Waals surface area contributed by atoms with E-state index in [4.69, 9.17) is 0 Å². The number of rotatable bonds is 0. The summed E-state index contributed by atoms with van der Waals surface area (Å²) in [7, 11) is 0. The zero-order chi connectivity index (χ0) is 10.8. The van der Waals surface area contributed by atoms with Crippen LogP contribution in [0.5, 0.6) is 0 Å². The first-order valence-corrected chi connectivity index (χ1v) is 5.98. The lowest BCUT2D eigenvalue weighted by Gasteiger charge is -2.54. The van der Waals surface area contributed by atoms with Crippen molar-refractivity contribution in [1.82, 2.24) is 10.2 Å². The molecular weight excluding hydrogens is 172 g/mol. The molecule has 0 radical (unpaired) electrons. The molecule has 0 aromatic carbocycles. The predicted octanol–water partition coefficient (Wildman–Crippen LogP) is 2.11. The van der Waals surface area contributed by atoms with Crippen LogP contribution >= 0.6 is 0 Å². The molecule has 2 rings (SSSR count). The summed E-state index contributed by atoms with van der Waals surface area (Å²) in [4.78, 5) is 2.58. The van der Waals surface area contributed by atoms with Crippen LogP contribution in [-0.2, 0) is 0 Å². The lowest BCUT2D eigenvalue weighted by atomic mass is 9.76. The number of nitrogens with one attached hydrogen (secondary N) is 1. The Morgan fingerprint density at radius 2 is 1.71 bits per heavy atom. The van der Waals surface area contributed by atoms with E-state index in [2.05, 4.69) is 31.0 Å². The van der Waals surface area contributed by atoms with Crippen molar-refractivity contribution in [1.29, 1.82) is 0 Å². The van der Waals surface area contributed by atoms with Gasteiger partial charge in [-0.2, -0.15) is 0 Å². The van der Waals surface area contributed by atoms with E-state index >= 15 is 0 Å². The Morgan fingerprint density at radius 1 is 1.14 bits per heavy atom. The highest BCUT2D eigenvalue weighted by molar-refractivity contribution is 5.03. The van der Waals surface area contributed by atoms with Crippen LogP contribution in [0.4, 0.5) is 0 Å². The average Bonchev–Trinajstić information content (AvgIpc) is 2.51. The van der Waals surface area contributed by atoms with Crippen LogP contribution in [0, 0.1) is 5.41 Å². The molecule has 2 saturated heterocycles. The highest BCUT2D eigenvalue weighted by Crippen LogP contribution is 2.39. The molecule has 84 valence electrons. The third-order valence-corrected chi connectivity index (χ3v) is 3.33. The fourth-order valence-corrected chi connectivity index (χ4v) is 2.30. The van der Waals surface area contributed by atoms with Gasteiger partial charge in [0, 0.05) is 30.6 Å². The molecule has 1 N–H and O–H groups in total. The standard InChI is InChI=1S/C10H20N2.C2H6/c1-9(2,3)12-7-10(8-12)4-5-11-6-10;1-2/h11H,4-8H2,1-3H3;1-2H3. The largest absolute Gasteiger partial charge is 0.316 e. The van der Waals surface area contributed by atoms with Gasteiger partial charge >= 0.3 is 0 Å². The average molecular weight is 198 g/mol. The van der Waals surface area contributed by atoms with E-state index in [0.717, 1.165) is 0 Å². The van der Waals surface area contributed by atoms with Crippen molar-refractivity contribution in [3.8, 4) is 0 Å². The minimum Gasteiger partial charge on any atom is -0.316 e. The van der Waals surface area contributed by atoms with E-state index in [9.17, 15) is 0 Å². The zero-order valence-corrected chi connectivity index (χ0v) is 10.5. The highest BCUT2D eigenvalue weighted by atomic mass is 15.3. The van der Waals surface area contributed by atoms with E-state index in [1.165, 1.54) is 32.6 Å². The molecule has 0 aliphatic carbocycles. The first-order chi connectivity index (χ1) is 6.52. The molecule has 0 atom stereocenters. The van der Waals surface area contributed by atoms with Crippen molar-refractivity contribution in [2.45, 2.75) is 46.6 Å². The van der Waals surface area contributed by atoms with E-state index in [1.807, 2.05) is 13.8 Å². The SMILES string of the molecule is CC.CC(C)(C)N1CC2(CCNC2)C1. The van der Waals surface area contributed by atoms with E-state index < -0.39 is 0 Å². The molecule has 0 aromatic heterocycles. The van der Waals surface area contributed by atoms with E-state index in [0.29, 0.717) is 11.0 Å². The molecule has 14 heavy (non-hydrogen) atoms. The monoisotopic (exact) mass is 198 g/mol. The topological polar surface area (TPSA) is 15.3 Å². The second kappa shape index (κ2) is 4.19. The molecule has 1 spiro atoms. The van der Waals surface area contributed by atoms with E-state index in [1.54, 1.807) is 0 Å². The van der Waals surface area contributed by atoms with Gasteiger partial charge in [0.1, 0.15) is 0 Å². The Balaban J connectivity index is 0.000000461. The summed E-state index contributed by atoms with van der Waals surface area (Å²) >= 11 is 0. The quantitative estimate of drug-likeness (QED) is 0.641. The van der Waals surface area contributed by atoms with Gasteiger partial charge in [0.05, 0.1) is 0 Å². The van der Waals surface area contributed by atoms with Gasteiger partial charge in [0.2, 0.25) is 0 Å². The fraction of sp³-hybridized carbons (Fsp3) is 1.00. The first-order valence-electron chi connectivity index (χ1n) is 5.98. The van der Waals surface area contributed by atoms with Gasteiger partial charge in [0.15, 0.2) is 0 Å². The van der Waals surface area contributed by atoms with Gasteiger partial charge in [-0.1, -0.05) is 13.8 Å². The Bertz CT molecular complexity index is 167. The third kappa shape index (κ3) is 2.29. The molecule has 0 amide bonds. The molecule has 0 bridgehead atoms. The minimum absolute atomic E-state index is 0.383. The van der Waals surface area contributed by atoms with Crippen LogP contribution in [0.1, 0.15) is 41.0 Å². The zero-order valence-electron chi connectivity index (χ0n) is 10.5. The summed E-state index contributed by atoms with van der Waals surface area (Å²) in [5.41, 5.74) is 1.04. The van der Waals surface area contributed by atoms with Crippen LogP contribution < -0.4 is 5.32 Å². The minimum atomic E-state index is 0.383. The van der Waals surface area contributed by atoms with Crippen molar-refractivity contribution in [2.75, 3.05) is 26.2 Å². The summed E-state index contributed by atoms with van der Waals surface area (Å²) < 4.78 is 0. The molecule has 2 aliphatic heterocycles.